The van der Waals surface area contributed by atoms with Crippen molar-refractivity contribution >= 4 is 17.5 Å². The van der Waals surface area contributed by atoms with Gasteiger partial charge in [0.05, 0.1) is 7.11 Å². The van der Waals surface area contributed by atoms with E-state index in [1.807, 2.05) is 30.3 Å². The Morgan fingerprint density at radius 1 is 1.17 bits per heavy atom. The van der Waals surface area contributed by atoms with Gasteiger partial charge in [-0.3, -0.25) is 4.79 Å². The Bertz CT molecular complexity index is 535. The molecule has 1 aromatic carbocycles. The van der Waals surface area contributed by atoms with Gasteiger partial charge in [0.25, 0.3) is 0 Å². The van der Waals surface area contributed by atoms with Crippen LogP contribution in [0.25, 0.3) is 0 Å². The van der Waals surface area contributed by atoms with E-state index in [4.69, 9.17) is 4.74 Å². The number of carbonyl (C=O) groups excluding carboxylic acids is 1. The summed E-state index contributed by atoms with van der Waals surface area (Å²) in [7, 11) is 1.64. The summed E-state index contributed by atoms with van der Waals surface area (Å²) in [5, 5.41) is 0.866. The first-order valence-corrected chi connectivity index (χ1v) is 6.29. The third kappa shape index (κ3) is 3.11. The molecule has 0 fully saturated rings. The van der Waals surface area contributed by atoms with Gasteiger partial charge >= 0.3 is 0 Å². The molecule has 92 valence electrons. The Morgan fingerprint density at radius 3 is 2.39 bits per heavy atom. The first kappa shape index (κ1) is 12.6. The molecule has 0 N–H and O–H groups in total. The molecular formula is C14H13NO2S. The summed E-state index contributed by atoms with van der Waals surface area (Å²) in [6.07, 6.45) is 1.61. The summed E-state index contributed by atoms with van der Waals surface area (Å²) in [5.74, 6) is 0.864. The van der Waals surface area contributed by atoms with E-state index in [0.717, 1.165) is 15.7 Å². The fourth-order valence-corrected chi connectivity index (χ4v) is 2.17. The van der Waals surface area contributed by atoms with Gasteiger partial charge < -0.3 is 4.74 Å². The third-order valence-electron chi connectivity index (χ3n) is 2.42. The number of pyridine rings is 1. The maximum Gasteiger partial charge on any atom is 0.161 e. The van der Waals surface area contributed by atoms with Gasteiger partial charge in [0, 0.05) is 16.7 Å². The minimum absolute atomic E-state index is 0.0310. The number of rotatable bonds is 4. The van der Waals surface area contributed by atoms with Crippen LogP contribution in [0.3, 0.4) is 0 Å². The summed E-state index contributed by atoms with van der Waals surface area (Å²) in [4.78, 5) is 16.5. The van der Waals surface area contributed by atoms with Crippen molar-refractivity contribution in [3.63, 3.8) is 0 Å². The molecule has 1 aromatic heterocycles. The summed E-state index contributed by atoms with van der Waals surface area (Å²) < 4.78 is 5.10. The molecule has 0 aliphatic carbocycles. The number of benzene rings is 1. The van der Waals surface area contributed by atoms with Crippen LogP contribution in [0.2, 0.25) is 0 Å². The predicted molar refractivity (Wildman–Crippen MR) is 71.4 cm³/mol. The molecule has 0 saturated heterocycles. The molecule has 0 spiro atoms. The summed E-state index contributed by atoms with van der Waals surface area (Å²) in [5.41, 5.74) is 0.633. The molecule has 0 saturated carbocycles. The molecule has 0 radical (unpaired) electrons. The van der Waals surface area contributed by atoms with Crippen molar-refractivity contribution in [3.8, 4) is 5.75 Å². The monoisotopic (exact) mass is 259 g/mol. The van der Waals surface area contributed by atoms with Crippen LogP contribution in [-0.2, 0) is 0 Å². The highest BCUT2D eigenvalue weighted by Crippen LogP contribution is 2.27. The van der Waals surface area contributed by atoms with Crippen LogP contribution in [0.4, 0.5) is 0 Å². The van der Waals surface area contributed by atoms with Crippen LogP contribution < -0.4 is 4.74 Å². The van der Waals surface area contributed by atoms with Crippen molar-refractivity contribution in [3.05, 3.63) is 48.2 Å². The van der Waals surface area contributed by atoms with Gasteiger partial charge in [-0.25, -0.2) is 4.98 Å². The number of nitrogens with zero attached hydrogens (tertiary/aromatic N) is 1. The van der Waals surface area contributed by atoms with E-state index in [-0.39, 0.29) is 5.78 Å². The van der Waals surface area contributed by atoms with Gasteiger partial charge in [-0.2, -0.15) is 0 Å². The van der Waals surface area contributed by atoms with Gasteiger partial charge in [0.2, 0.25) is 0 Å². The number of ketones is 1. The van der Waals surface area contributed by atoms with Crippen molar-refractivity contribution in [1.82, 2.24) is 4.98 Å². The topological polar surface area (TPSA) is 39.2 Å². The van der Waals surface area contributed by atoms with Crippen LogP contribution in [0.15, 0.2) is 52.5 Å². The molecular weight excluding hydrogens is 246 g/mol. The summed E-state index contributed by atoms with van der Waals surface area (Å²) in [6, 6.07) is 11.4. The van der Waals surface area contributed by atoms with Crippen LogP contribution in [0, 0.1) is 0 Å². The lowest BCUT2D eigenvalue weighted by atomic mass is 10.2. The van der Waals surface area contributed by atoms with Crippen LogP contribution in [0.1, 0.15) is 17.3 Å². The number of hydrogen-bond acceptors (Lipinski definition) is 4. The maximum atomic E-state index is 11.1. The highest BCUT2D eigenvalue weighted by atomic mass is 32.2. The zero-order valence-electron chi connectivity index (χ0n) is 10.2. The van der Waals surface area contributed by atoms with Crippen molar-refractivity contribution in [2.75, 3.05) is 7.11 Å². The van der Waals surface area contributed by atoms with Gasteiger partial charge in [-0.05, 0) is 43.3 Å². The van der Waals surface area contributed by atoms with Crippen molar-refractivity contribution in [1.29, 1.82) is 0 Å². The molecule has 3 nitrogen and oxygen atoms in total. The highest BCUT2D eigenvalue weighted by Gasteiger charge is 2.02. The molecule has 2 aromatic rings. The lowest BCUT2D eigenvalue weighted by Crippen LogP contribution is -1.92. The Labute approximate surface area is 110 Å². The zero-order valence-corrected chi connectivity index (χ0v) is 11.0. The van der Waals surface area contributed by atoms with E-state index in [1.165, 1.54) is 6.92 Å². The molecule has 0 amide bonds. The molecule has 0 atom stereocenters. The quantitative estimate of drug-likeness (QED) is 0.788. The SMILES string of the molecule is COc1ccc(Sc2ccc(C(C)=O)cn2)cc1. The van der Waals surface area contributed by atoms with Crippen LogP contribution >= 0.6 is 11.8 Å². The lowest BCUT2D eigenvalue weighted by Gasteiger charge is -2.03. The molecule has 2 rings (SSSR count). The standard InChI is InChI=1S/C14H13NO2S/c1-10(16)11-3-8-14(15-9-11)18-13-6-4-12(17-2)5-7-13/h3-9H,1-2H3. The predicted octanol–water partition coefficient (Wildman–Crippen LogP) is 3.44. The largest absolute Gasteiger partial charge is 0.497 e. The third-order valence-corrected chi connectivity index (χ3v) is 3.38. The number of carbonyl (C=O) groups is 1. The maximum absolute atomic E-state index is 11.1. The minimum Gasteiger partial charge on any atom is -0.497 e. The molecule has 0 unspecified atom stereocenters. The first-order valence-electron chi connectivity index (χ1n) is 5.48. The molecule has 4 heteroatoms. The molecule has 18 heavy (non-hydrogen) atoms. The minimum atomic E-state index is 0.0310. The second kappa shape index (κ2) is 5.69. The first-order chi connectivity index (χ1) is 8.69. The molecule has 0 aliphatic heterocycles. The van der Waals surface area contributed by atoms with Gasteiger partial charge in [-0.1, -0.05) is 11.8 Å². The van der Waals surface area contributed by atoms with Crippen molar-refractivity contribution < 1.29 is 9.53 Å². The van der Waals surface area contributed by atoms with Crippen molar-refractivity contribution in [2.24, 2.45) is 0 Å². The van der Waals surface area contributed by atoms with Crippen LogP contribution in [0.5, 0.6) is 5.75 Å². The van der Waals surface area contributed by atoms with E-state index >= 15 is 0 Å². The average molecular weight is 259 g/mol. The van der Waals surface area contributed by atoms with E-state index in [2.05, 4.69) is 4.98 Å². The Hall–Kier alpha value is -1.81. The van der Waals surface area contributed by atoms with Crippen LogP contribution in [-0.4, -0.2) is 17.9 Å². The van der Waals surface area contributed by atoms with Crippen molar-refractivity contribution in [2.45, 2.75) is 16.8 Å². The van der Waals surface area contributed by atoms with E-state index in [9.17, 15) is 4.79 Å². The van der Waals surface area contributed by atoms with E-state index in [1.54, 1.807) is 31.1 Å². The average Bonchev–Trinajstić information content (AvgIpc) is 2.40. The Balaban J connectivity index is 2.10. The number of methoxy groups -OCH3 is 1. The number of hydrogen-bond donors (Lipinski definition) is 0. The highest BCUT2D eigenvalue weighted by molar-refractivity contribution is 7.99. The number of Topliss-reactive ketones (excluding diaryl/α,β-unsaturated/α-hetero) is 1. The number of aromatic nitrogens is 1. The Morgan fingerprint density at radius 2 is 1.89 bits per heavy atom. The van der Waals surface area contributed by atoms with Gasteiger partial charge in [-0.15, -0.1) is 0 Å². The summed E-state index contributed by atoms with van der Waals surface area (Å²) in [6.45, 7) is 1.54. The summed E-state index contributed by atoms with van der Waals surface area (Å²) >= 11 is 1.55. The second-order valence-corrected chi connectivity index (χ2v) is 4.81. The van der Waals surface area contributed by atoms with E-state index in [0.29, 0.717) is 5.56 Å². The molecule has 0 bridgehead atoms. The smallest absolute Gasteiger partial charge is 0.161 e. The van der Waals surface area contributed by atoms with Gasteiger partial charge in [0.15, 0.2) is 5.78 Å². The second-order valence-electron chi connectivity index (χ2n) is 3.72. The van der Waals surface area contributed by atoms with Gasteiger partial charge in [0.1, 0.15) is 10.8 Å². The van der Waals surface area contributed by atoms with E-state index < -0.39 is 0 Å². The zero-order chi connectivity index (χ0) is 13.0. The molecule has 1 heterocycles. The fourth-order valence-electron chi connectivity index (χ4n) is 1.41. The fraction of sp³-hybridized carbons (Fsp3) is 0.143. The Kier molecular flexibility index (Phi) is 3.99. The lowest BCUT2D eigenvalue weighted by molar-refractivity contribution is 0.101. The normalized spacial score (nSPS) is 10.1. The molecule has 0 aliphatic rings. The number of ether oxygens (including phenoxy) is 1.